The van der Waals surface area contributed by atoms with Gasteiger partial charge in [0.15, 0.2) is 0 Å². The molecule has 0 fully saturated rings. The maximum absolute atomic E-state index is 10.3. The smallest absolute Gasteiger partial charge is 0.371 e. The second-order valence-electron chi connectivity index (χ2n) is 1.36. The lowest BCUT2D eigenvalue weighted by Gasteiger charge is -2.16. The zero-order valence-electron chi connectivity index (χ0n) is 5.01. The molecule has 0 aromatic carbocycles. The van der Waals surface area contributed by atoms with E-state index in [-0.39, 0.29) is 10.1 Å². The van der Waals surface area contributed by atoms with E-state index in [1.165, 1.54) is 0 Å². The largest absolute Gasteiger partial charge is 0.374 e. The van der Waals surface area contributed by atoms with E-state index in [0.29, 0.717) is 0 Å². The van der Waals surface area contributed by atoms with Crippen molar-refractivity contribution in [3.8, 4) is 0 Å². The Morgan fingerprint density at radius 2 is 1.40 bits per heavy atom. The summed E-state index contributed by atoms with van der Waals surface area (Å²) in [6.07, 6.45) is 0. The van der Waals surface area contributed by atoms with Crippen molar-refractivity contribution in [2.24, 2.45) is 0 Å². The van der Waals surface area contributed by atoms with Crippen LogP contribution in [0.15, 0.2) is 0 Å². The molecule has 7 heteroatoms. The summed E-state index contributed by atoms with van der Waals surface area (Å²) >= 11 is 0. The van der Waals surface area contributed by atoms with Gasteiger partial charge in [-0.25, -0.2) is 4.79 Å². The Kier molecular flexibility index (Phi) is 3.65. The molecule has 0 aliphatic heterocycles. The third kappa shape index (κ3) is 2.15. The zero-order chi connectivity index (χ0) is 8.15. The van der Waals surface area contributed by atoms with E-state index < -0.39 is 19.5 Å². The number of hydrogen-bond acceptors (Lipinski definition) is 5. The molecule has 0 spiro atoms. The third-order valence-electron chi connectivity index (χ3n) is 0.710. The molecule has 0 radical (unpaired) electrons. The Morgan fingerprint density at radius 3 is 1.60 bits per heavy atom. The van der Waals surface area contributed by atoms with Gasteiger partial charge in [0.2, 0.25) is 0 Å². The van der Waals surface area contributed by atoms with Crippen molar-refractivity contribution in [3.05, 3.63) is 0 Å². The first kappa shape index (κ1) is 9.11. The standard InChI is InChI=1S/C3H8N2O5/c6-1-4(9)3(8)5(10)2-7/h6-7,9-10H,1-2H2. The lowest BCUT2D eigenvalue weighted by molar-refractivity contribution is -0.164. The van der Waals surface area contributed by atoms with Gasteiger partial charge in [-0.3, -0.25) is 10.4 Å². The average molecular weight is 152 g/mol. The fourth-order valence-electron chi connectivity index (χ4n) is 0.254. The second-order valence-corrected chi connectivity index (χ2v) is 1.36. The van der Waals surface area contributed by atoms with Gasteiger partial charge in [0.25, 0.3) is 0 Å². The van der Waals surface area contributed by atoms with Gasteiger partial charge in [0, 0.05) is 0 Å². The number of carbonyl (C=O) groups excluding carboxylic acids is 1. The van der Waals surface area contributed by atoms with E-state index in [2.05, 4.69) is 0 Å². The van der Waals surface area contributed by atoms with Gasteiger partial charge in [0.1, 0.15) is 13.5 Å². The van der Waals surface area contributed by atoms with Crippen LogP contribution in [0.4, 0.5) is 4.79 Å². The lowest BCUT2D eigenvalue weighted by atomic mass is 10.9. The van der Waals surface area contributed by atoms with Gasteiger partial charge in [-0.1, -0.05) is 0 Å². The summed E-state index contributed by atoms with van der Waals surface area (Å²) in [6.45, 7) is -1.90. The molecule has 2 amide bonds. The maximum Gasteiger partial charge on any atom is 0.371 e. The molecule has 7 nitrogen and oxygen atoms in total. The number of carbonyl (C=O) groups is 1. The molecule has 0 rings (SSSR count). The number of amides is 2. The molecule has 0 aliphatic rings. The molecule has 0 aromatic heterocycles. The number of hydrogen-bond donors (Lipinski definition) is 4. The van der Waals surface area contributed by atoms with E-state index in [0.717, 1.165) is 0 Å². The van der Waals surface area contributed by atoms with Crippen LogP contribution in [-0.4, -0.2) is 50.2 Å². The highest BCUT2D eigenvalue weighted by atomic mass is 16.6. The molecular formula is C3H8N2O5. The van der Waals surface area contributed by atoms with Crippen molar-refractivity contribution in [3.63, 3.8) is 0 Å². The van der Waals surface area contributed by atoms with E-state index in [1.54, 1.807) is 0 Å². The number of nitrogens with zero attached hydrogens (tertiary/aromatic N) is 2. The summed E-state index contributed by atoms with van der Waals surface area (Å²) in [7, 11) is 0. The summed E-state index contributed by atoms with van der Waals surface area (Å²) in [5, 5.41) is 32.5. The molecule has 0 saturated heterocycles. The van der Waals surface area contributed by atoms with E-state index in [9.17, 15) is 4.79 Å². The fraction of sp³-hybridized carbons (Fsp3) is 0.667. The van der Waals surface area contributed by atoms with Crippen LogP contribution < -0.4 is 0 Å². The van der Waals surface area contributed by atoms with Crippen LogP contribution in [0.2, 0.25) is 0 Å². The monoisotopic (exact) mass is 152 g/mol. The highest BCUT2D eigenvalue weighted by Gasteiger charge is 2.15. The van der Waals surface area contributed by atoms with Crippen molar-refractivity contribution >= 4 is 6.03 Å². The summed E-state index contributed by atoms with van der Waals surface area (Å²) in [6, 6.07) is -1.30. The van der Waals surface area contributed by atoms with E-state index in [1.807, 2.05) is 0 Å². The minimum atomic E-state index is -1.30. The SMILES string of the molecule is O=C(N(O)CO)N(O)CO. The minimum absolute atomic E-state index is 0.170. The quantitative estimate of drug-likeness (QED) is 0.216. The predicted octanol–water partition coefficient (Wildman–Crippen LogP) is -1.61. The van der Waals surface area contributed by atoms with Gasteiger partial charge in [-0.05, 0) is 0 Å². The number of hydroxylamine groups is 4. The molecule has 10 heavy (non-hydrogen) atoms. The first-order chi connectivity index (χ1) is 4.63. The van der Waals surface area contributed by atoms with Crippen molar-refractivity contribution in [2.45, 2.75) is 0 Å². The van der Waals surface area contributed by atoms with Crippen LogP contribution in [0, 0.1) is 0 Å². The molecule has 0 aliphatic carbocycles. The molecular weight excluding hydrogens is 144 g/mol. The van der Waals surface area contributed by atoms with Crippen LogP contribution in [0.1, 0.15) is 0 Å². The van der Waals surface area contributed by atoms with Crippen molar-refractivity contribution in [1.29, 1.82) is 0 Å². The summed E-state index contributed by atoms with van der Waals surface area (Å²) in [5.41, 5.74) is 0. The summed E-state index contributed by atoms with van der Waals surface area (Å²) in [4.78, 5) is 10.3. The van der Waals surface area contributed by atoms with Gasteiger partial charge < -0.3 is 10.2 Å². The summed E-state index contributed by atoms with van der Waals surface area (Å²) in [5.74, 6) is 0. The Morgan fingerprint density at radius 1 is 1.10 bits per heavy atom. The Hall–Kier alpha value is -0.890. The van der Waals surface area contributed by atoms with Crippen LogP contribution in [0.5, 0.6) is 0 Å². The zero-order valence-corrected chi connectivity index (χ0v) is 5.01. The number of urea groups is 1. The second kappa shape index (κ2) is 4.01. The predicted molar refractivity (Wildman–Crippen MR) is 26.8 cm³/mol. The number of aliphatic hydroxyl groups excluding tert-OH is 2. The van der Waals surface area contributed by atoms with Crippen molar-refractivity contribution in [2.75, 3.05) is 13.5 Å². The molecule has 4 N–H and O–H groups in total. The molecule has 0 bridgehead atoms. The summed E-state index contributed by atoms with van der Waals surface area (Å²) < 4.78 is 0. The highest BCUT2D eigenvalue weighted by molar-refractivity contribution is 5.71. The average Bonchev–Trinajstić information content (AvgIpc) is 2.00. The van der Waals surface area contributed by atoms with Crippen molar-refractivity contribution in [1.82, 2.24) is 10.1 Å². The lowest BCUT2D eigenvalue weighted by Crippen LogP contribution is -2.40. The fourth-order valence-corrected chi connectivity index (χ4v) is 0.254. The van der Waals surface area contributed by atoms with E-state index in [4.69, 9.17) is 20.6 Å². The first-order valence-corrected chi connectivity index (χ1v) is 2.32. The van der Waals surface area contributed by atoms with Crippen LogP contribution in [0.3, 0.4) is 0 Å². The molecule has 0 saturated carbocycles. The first-order valence-electron chi connectivity index (χ1n) is 2.32. The normalized spacial score (nSPS) is 9.20. The van der Waals surface area contributed by atoms with Crippen molar-refractivity contribution < 1.29 is 25.4 Å². The number of aliphatic hydroxyl groups is 2. The minimum Gasteiger partial charge on any atom is -0.374 e. The molecule has 0 aromatic rings. The maximum atomic E-state index is 10.3. The van der Waals surface area contributed by atoms with Crippen LogP contribution >= 0.6 is 0 Å². The third-order valence-corrected chi connectivity index (χ3v) is 0.710. The van der Waals surface area contributed by atoms with Gasteiger partial charge >= 0.3 is 6.03 Å². The van der Waals surface area contributed by atoms with Gasteiger partial charge in [-0.15, -0.1) is 0 Å². The van der Waals surface area contributed by atoms with E-state index >= 15 is 0 Å². The Bertz CT molecular complexity index is 105. The van der Waals surface area contributed by atoms with Crippen LogP contribution in [-0.2, 0) is 0 Å². The highest BCUT2D eigenvalue weighted by Crippen LogP contribution is 1.88. The number of rotatable bonds is 2. The van der Waals surface area contributed by atoms with Crippen LogP contribution in [0.25, 0.3) is 0 Å². The van der Waals surface area contributed by atoms with Gasteiger partial charge in [0.05, 0.1) is 0 Å². The topological polar surface area (TPSA) is 104 Å². The molecule has 0 heterocycles. The Balaban J connectivity index is 3.82. The molecule has 60 valence electrons. The van der Waals surface area contributed by atoms with Gasteiger partial charge in [-0.2, -0.15) is 10.1 Å². The molecule has 0 unspecified atom stereocenters. The molecule has 0 atom stereocenters. The Labute approximate surface area is 56.2 Å².